The highest BCUT2D eigenvalue weighted by atomic mass is 15.1. The molecule has 0 unspecified atom stereocenters. The minimum atomic E-state index is 0.600. The largest absolute Gasteiger partial charge is 0.323 e. The van der Waals surface area contributed by atoms with Gasteiger partial charge in [0.2, 0.25) is 0 Å². The summed E-state index contributed by atoms with van der Waals surface area (Å²) in [5.41, 5.74) is 4.26. The molecule has 2 aromatic rings. The van der Waals surface area contributed by atoms with Gasteiger partial charge in [0.15, 0.2) is 0 Å². The summed E-state index contributed by atoms with van der Waals surface area (Å²) in [5.74, 6) is 5.40. The Morgan fingerprint density at radius 3 is 1.81 bits per heavy atom. The topological polar surface area (TPSA) is 50.7 Å². The fourth-order valence-electron chi connectivity index (χ4n) is 2.06. The molecule has 3 nitrogen and oxygen atoms in total. The van der Waals surface area contributed by atoms with Crippen molar-refractivity contribution < 1.29 is 0 Å². The van der Waals surface area contributed by atoms with E-state index < -0.39 is 0 Å². The maximum Gasteiger partial charge on any atom is 0.0847 e. The van der Waals surface area contributed by atoms with E-state index in [-0.39, 0.29) is 0 Å². The molecule has 2 N–H and O–H groups in total. The molecular formula is C18H19N3. The van der Waals surface area contributed by atoms with Gasteiger partial charge >= 0.3 is 0 Å². The van der Waals surface area contributed by atoms with E-state index >= 15 is 0 Å². The van der Waals surface area contributed by atoms with Crippen molar-refractivity contribution in [2.45, 2.75) is 13.3 Å². The molecule has 0 radical (unpaired) electrons. The molecule has 0 amide bonds. The van der Waals surface area contributed by atoms with Crippen LogP contribution in [0.5, 0.6) is 0 Å². The van der Waals surface area contributed by atoms with E-state index in [0.29, 0.717) is 17.8 Å². The third kappa shape index (κ3) is 3.66. The van der Waals surface area contributed by atoms with Gasteiger partial charge in [0.05, 0.1) is 17.1 Å². The average Bonchev–Trinajstić information content (AvgIpc) is 2.55. The van der Waals surface area contributed by atoms with Crippen molar-refractivity contribution in [2.75, 3.05) is 0 Å². The third-order valence-electron chi connectivity index (χ3n) is 3.17. The Labute approximate surface area is 125 Å². The first kappa shape index (κ1) is 14.7. The van der Waals surface area contributed by atoms with Gasteiger partial charge < -0.3 is 5.84 Å². The van der Waals surface area contributed by atoms with Crippen LogP contribution in [0.2, 0.25) is 0 Å². The molecule has 106 valence electrons. The molecule has 0 aliphatic heterocycles. The quantitative estimate of drug-likeness (QED) is 0.505. The van der Waals surface area contributed by atoms with E-state index in [1.54, 1.807) is 0 Å². The summed E-state index contributed by atoms with van der Waals surface area (Å²) in [6, 6.07) is 20.1. The molecule has 0 saturated heterocycles. The van der Waals surface area contributed by atoms with E-state index in [0.717, 1.165) is 16.8 Å². The summed E-state index contributed by atoms with van der Waals surface area (Å²) in [7, 11) is 0. The van der Waals surface area contributed by atoms with Crippen molar-refractivity contribution >= 4 is 11.4 Å². The second kappa shape index (κ2) is 7.20. The van der Waals surface area contributed by atoms with Gasteiger partial charge in [-0.3, -0.25) is 0 Å². The van der Waals surface area contributed by atoms with Crippen LogP contribution in [0.15, 0.2) is 83.0 Å². The summed E-state index contributed by atoms with van der Waals surface area (Å²) >= 11 is 0. The van der Waals surface area contributed by atoms with Crippen LogP contribution < -0.4 is 5.84 Å². The number of nitrogens with two attached hydrogens (primary N) is 1. The SMILES string of the molecule is C=C(N=C(c1ccccc1)c1ccccc1)/C(CC)=N/N. The van der Waals surface area contributed by atoms with Gasteiger partial charge in [-0.15, -0.1) is 0 Å². The van der Waals surface area contributed by atoms with Crippen molar-refractivity contribution in [3.63, 3.8) is 0 Å². The second-order valence-electron chi connectivity index (χ2n) is 4.57. The van der Waals surface area contributed by atoms with Crippen LogP contribution in [-0.2, 0) is 0 Å². The lowest BCUT2D eigenvalue weighted by molar-refractivity contribution is 1.16. The highest BCUT2D eigenvalue weighted by Crippen LogP contribution is 2.14. The molecule has 21 heavy (non-hydrogen) atoms. The van der Waals surface area contributed by atoms with Crippen LogP contribution in [0.4, 0.5) is 0 Å². The highest BCUT2D eigenvalue weighted by molar-refractivity contribution is 6.15. The number of hydrazone groups is 1. The van der Waals surface area contributed by atoms with Gasteiger partial charge in [-0.1, -0.05) is 74.2 Å². The fraction of sp³-hybridized carbons (Fsp3) is 0.111. The van der Waals surface area contributed by atoms with E-state index in [1.807, 2.05) is 67.6 Å². The first-order chi connectivity index (χ1) is 10.3. The normalized spacial score (nSPS) is 11.0. The van der Waals surface area contributed by atoms with Gasteiger partial charge in [0.25, 0.3) is 0 Å². The first-order valence-electron chi connectivity index (χ1n) is 6.91. The fourth-order valence-corrected chi connectivity index (χ4v) is 2.06. The summed E-state index contributed by atoms with van der Waals surface area (Å²) in [4.78, 5) is 4.67. The van der Waals surface area contributed by atoms with Gasteiger partial charge in [-0.2, -0.15) is 5.10 Å². The molecule has 0 fully saturated rings. The van der Waals surface area contributed by atoms with Crippen LogP contribution in [0.3, 0.4) is 0 Å². The van der Waals surface area contributed by atoms with E-state index in [1.165, 1.54) is 0 Å². The Morgan fingerprint density at radius 1 is 0.952 bits per heavy atom. The molecule has 0 aromatic heterocycles. The Balaban J connectivity index is 2.50. The van der Waals surface area contributed by atoms with Crippen LogP contribution in [0.25, 0.3) is 0 Å². The maximum atomic E-state index is 5.40. The predicted molar refractivity (Wildman–Crippen MR) is 89.6 cm³/mol. The van der Waals surface area contributed by atoms with Gasteiger partial charge in [-0.05, 0) is 6.42 Å². The van der Waals surface area contributed by atoms with Crippen LogP contribution in [0.1, 0.15) is 24.5 Å². The summed E-state index contributed by atoms with van der Waals surface area (Å²) < 4.78 is 0. The Morgan fingerprint density at radius 2 is 1.43 bits per heavy atom. The third-order valence-corrected chi connectivity index (χ3v) is 3.17. The zero-order valence-electron chi connectivity index (χ0n) is 12.2. The van der Waals surface area contributed by atoms with E-state index in [2.05, 4.69) is 16.7 Å². The number of allylic oxidation sites excluding steroid dienone is 1. The van der Waals surface area contributed by atoms with Gasteiger partial charge in [0, 0.05) is 11.1 Å². The first-order valence-corrected chi connectivity index (χ1v) is 6.91. The number of hydrogen-bond acceptors (Lipinski definition) is 3. The molecule has 3 heteroatoms. The van der Waals surface area contributed by atoms with Gasteiger partial charge in [-0.25, -0.2) is 4.99 Å². The molecular weight excluding hydrogens is 258 g/mol. The second-order valence-corrected chi connectivity index (χ2v) is 4.57. The predicted octanol–water partition coefficient (Wildman–Crippen LogP) is 3.76. The highest BCUT2D eigenvalue weighted by Gasteiger charge is 2.09. The molecule has 0 aliphatic rings. The van der Waals surface area contributed by atoms with Crippen molar-refractivity contribution in [1.82, 2.24) is 0 Å². The number of rotatable bonds is 5. The molecule has 0 saturated carbocycles. The zero-order chi connectivity index (χ0) is 15.1. The van der Waals surface area contributed by atoms with Crippen molar-refractivity contribution in [3.8, 4) is 0 Å². The van der Waals surface area contributed by atoms with Gasteiger partial charge in [0.1, 0.15) is 0 Å². The smallest absolute Gasteiger partial charge is 0.0847 e. The van der Waals surface area contributed by atoms with E-state index in [4.69, 9.17) is 5.84 Å². The van der Waals surface area contributed by atoms with Crippen molar-refractivity contribution in [2.24, 2.45) is 15.9 Å². The lowest BCUT2D eigenvalue weighted by Crippen LogP contribution is -2.08. The molecule has 0 heterocycles. The minimum absolute atomic E-state index is 0.600. The van der Waals surface area contributed by atoms with Crippen LogP contribution in [-0.4, -0.2) is 11.4 Å². The maximum absolute atomic E-state index is 5.40. The summed E-state index contributed by atoms with van der Waals surface area (Å²) in [5, 5.41) is 3.76. The van der Waals surface area contributed by atoms with Crippen LogP contribution >= 0.6 is 0 Å². The lowest BCUT2D eigenvalue weighted by Gasteiger charge is -2.09. The van der Waals surface area contributed by atoms with Crippen molar-refractivity contribution in [3.05, 3.63) is 84.1 Å². The molecule has 0 spiro atoms. The summed E-state index contributed by atoms with van der Waals surface area (Å²) in [6.45, 7) is 5.97. The minimum Gasteiger partial charge on any atom is -0.323 e. The number of hydrogen-bond donors (Lipinski definition) is 1. The number of aliphatic imine (C=N–C) groups is 1. The van der Waals surface area contributed by atoms with Crippen molar-refractivity contribution in [1.29, 1.82) is 0 Å². The molecule has 2 aromatic carbocycles. The number of benzene rings is 2. The summed E-state index contributed by atoms with van der Waals surface area (Å²) in [6.07, 6.45) is 0.704. The zero-order valence-corrected chi connectivity index (χ0v) is 12.2. The Bertz CT molecular complexity index is 614. The molecule has 2 rings (SSSR count). The van der Waals surface area contributed by atoms with Crippen LogP contribution in [0, 0.1) is 0 Å². The lowest BCUT2D eigenvalue weighted by atomic mass is 10.0. The monoisotopic (exact) mass is 277 g/mol. The molecule has 0 bridgehead atoms. The molecule has 0 aliphatic carbocycles. The number of nitrogens with zero attached hydrogens (tertiary/aromatic N) is 2. The molecule has 0 atom stereocenters. The standard InChI is InChI=1S/C18H19N3/c1-3-17(21-19)14(2)20-18(15-10-6-4-7-11-15)16-12-8-5-9-13-16/h4-13H,2-3,19H2,1H3/b21-17+. The van der Waals surface area contributed by atoms with E-state index in [9.17, 15) is 0 Å². The Hall–Kier alpha value is -2.68. The Kier molecular flexibility index (Phi) is 5.04. The average molecular weight is 277 g/mol.